The quantitative estimate of drug-likeness (QED) is 0.315. The summed E-state index contributed by atoms with van der Waals surface area (Å²) in [5.74, 6) is 0.0133. The first kappa shape index (κ1) is 20.7. The number of anilines is 1. The van der Waals surface area contributed by atoms with Crippen molar-refractivity contribution in [1.82, 2.24) is 0 Å². The molecule has 0 spiro atoms. The van der Waals surface area contributed by atoms with Crippen LogP contribution in [-0.2, 0) is 6.42 Å². The Morgan fingerprint density at radius 1 is 0.933 bits per heavy atom. The van der Waals surface area contributed by atoms with E-state index in [1.165, 1.54) is 12.1 Å². The fourth-order valence-electron chi connectivity index (χ4n) is 3.13. The summed E-state index contributed by atoms with van der Waals surface area (Å²) in [6, 6.07) is 22.9. The van der Waals surface area contributed by atoms with Crippen molar-refractivity contribution in [2.24, 2.45) is 11.0 Å². The molecular weight excluding hydrogens is 384 g/mol. The molecule has 3 aromatic rings. The van der Waals surface area contributed by atoms with E-state index in [2.05, 4.69) is 10.5 Å². The molecule has 3 rings (SSSR count). The second-order valence-corrected chi connectivity index (χ2v) is 6.78. The molecule has 30 heavy (non-hydrogen) atoms. The van der Waals surface area contributed by atoms with Crippen LogP contribution >= 0.6 is 0 Å². The largest absolute Gasteiger partial charge is 0.301 e. The third kappa shape index (κ3) is 5.05. The van der Waals surface area contributed by atoms with Gasteiger partial charge in [0.25, 0.3) is 5.69 Å². The standard InChI is InChI=1S/C22H20N4O4/c1-16(14-17-8-4-2-5-9-17)22(18-10-6-3-7-11-18)24-23-20-13-12-19(25(27)28)15-21(20)26(29)30/h2-13,15-16,23H,14H2,1H3/b24-22-. The van der Waals surface area contributed by atoms with Crippen molar-refractivity contribution >= 4 is 22.8 Å². The minimum atomic E-state index is -0.669. The summed E-state index contributed by atoms with van der Waals surface area (Å²) >= 11 is 0. The number of hydrazone groups is 1. The smallest absolute Gasteiger partial charge is 0.271 e. The Morgan fingerprint density at radius 2 is 1.57 bits per heavy atom. The Bertz CT molecular complexity index is 1070. The van der Waals surface area contributed by atoms with Crippen LogP contribution in [0.3, 0.4) is 0 Å². The Morgan fingerprint density at radius 3 is 2.17 bits per heavy atom. The van der Waals surface area contributed by atoms with Crippen molar-refractivity contribution in [2.75, 3.05) is 5.43 Å². The van der Waals surface area contributed by atoms with Crippen LogP contribution in [0.2, 0.25) is 0 Å². The summed E-state index contributed by atoms with van der Waals surface area (Å²) in [6.07, 6.45) is 0.735. The first-order chi connectivity index (χ1) is 14.5. The van der Waals surface area contributed by atoms with Crippen LogP contribution < -0.4 is 5.43 Å². The molecule has 8 heteroatoms. The second-order valence-electron chi connectivity index (χ2n) is 6.78. The van der Waals surface area contributed by atoms with E-state index in [9.17, 15) is 20.2 Å². The maximum absolute atomic E-state index is 11.4. The van der Waals surface area contributed by atoms with Gasteiger partial charge >= 0.3 is 5.69 Å². The number of nitro groups is 2. The van der Waals surface area contributed by atoms with E-state index >= 15 is 0 Å². The molecule has 0 saturated carbocycles. The lowest BCUT2D eigenvalue weighted by molar-refractivity contribution is -0.393. The Balaban J connectivity index is 1.94. The van der Waals surface area contributed by atoms with Crippen LogP contribution in [0, 0.1) is 26.1 Å². The van der Waals surface area contributed by atoms with Crippen LogP contribution in [0.15, 0.2) is 84.0 Å². The summed E-state index contributed by atoms with van der Waals surface area (Å²) in [5.41, 5.74) is 4.85. The monoisotopic (exact) mass is 404 g/mol. The molecule has 3 aromatic carbocycles. The number of rotatable bonds is 8. The molecule has 0 saturated heterocycles. The van der Waals surface area contributed by atoms with Crippen LogP contribution in [0.1, 0.15) is 18.1 Å². The predicted octanol–water partition coefficient (Wildman–Crippen LogP) is 5.20. The zero-order valence-corrected chi connectivity index (χ0v) is 16.3. The van der Waals surface area contributed by atoms with Gasteiger partial charge in [-0.05, 0) is 23.6 Å². The van der Waals surface area contributed by atoms with E-state index in [-0.39, 0.29) is 17.3 Å². The lowest BCUT2D eigenvalue weighted by atomic mass is 9.92. The van der Waals surface area contributed by atoms with Crippen LogP contribution in [-0.4, -0.2) is 15.6 Å². The summed E-state index contributed by atoms with van der Waals surface area (Å²) in [7, 11) is 0. The SMILES string of the molecule is CC(Cc1ccccc1)/C(=N/Nc1ccc([N+](=O)[O-])cc1[N+](=O)[O-])c1ccccc1. The first-order valence-corrected chi connectivity index (χ1v) is 9.31. The van der Waals surface area contributed by atoms with Gasteiger partial charge in [0.2, 0.25) is 0 Å². The van der Waals surface area contributed by atoms with Crippen molar-refractivity contribution in [3.05, 3.63) is 110 Å². The van der Waals surface area contributed by atoms with Gasteiger partial charge in [-0.2, -0.15) is 5.10 Å². The highest BCUT2D eigenvalue weighted by Crippen LogP contribution is 2.29. The number of nitro benzene ring substituents is 2. The van der Waals surface area contributed by atoms with Gasteiger partial charge in [-0.25, -0.2) is 0 Å². The van der Waals surface area contributed by atoms with Crippen LogP contribution in [0.5, 0.6) is 0 Å². The fraction of sp³-hybridized carbons (Fsp3) is 0.136. The Hall–Kier alpha value is -4.07. The number of benzene rings is 3. The van der Waals surface area contributed by atoms with Crippen molar-refractivity contribution in [3.8, 4) is 0 Å². The minimum absolute atomic E-state index is 0.0133. The Labute approximate surface area is 173 Å². The van der Waals surface area contributed by atoms with E-state index in [1.54, 1.807) is 0 Å². The van der Waals surface area contributed by atoms with E-state index < -0.39 is 15.5 Å². The van der Waals surface area contributed by atoms with Gasteiger partial charge in [0.05, 0.1) is 21.6 Å². The third-order valence-corrected chi connectivity index (χ3v) is 4.61. The molecule has 0 aliphatic rings. The normalized spacial score (nSPS) is 12.2. The number of hydrogen-bond donors (Lipinski definition) is 1. The molecule has 0 amide bonds. The molecule has 0 aliphatic heterocycles. The van der Waals surface area contributed by atoms with Gasteiger partial charge < -0.3 is 0 Å². The average Bonchev–Trinajstić information content (AvgIpc) is 2.75. The predicted molar refractivity (Wildman–Crippen MR) is 116 cm³/mol. The van der Waals surface area contributed by atoms with E-state index in [0.29, 0.717) is 0 Å². The van der Waals surface area contributed by atoms with Gasteiger partial charge in [0.15, 0.2) is 0 Å². The third-order valence-electron chi connectivity index (χ3n) is 4.61. The topological polar surface area (TPSA) is 111 Å². The molecule has 152 valence electrons. The minimum Gasteiger partial charge on any atom is -0.271 e. The van der Waals surface area contributed by atoms with Crippen molar-refractivity contribution in [3.63, 3.8) is 0 Å². The number of hydrogen-bond acceptors (Lipinski definition) is 6. The van der Waals surface area contributed by atoms with Gasteiger partial charge in [0, 0.05) is 12.0 Å². The maximum Gasteiger partial charge on any atom is 0.301 e. The molecule has 1 atom stereocenters. The molecule has 0 fully saturated rings. The molecule has 0 radical (unpaired) electrons. The molecule has 0 aromatic heterocycles. The van der Waals surface area contributed by atoms with Crippen LogP contribution in [0.4, 0.5) is 17.1 Å². The molecular formula is C22H20N4O4. The maximum atomic E-state index is 11.4. The molecule has 0 bridgehead atoms. The summed E-state index contributed by atoms with van der Waals surface area (Å²) in [6.45, 7) is 2.03. The van der Waals surface area contributed by atoms with Crippen molar-refractivity contribution in [1.29, 1.82) is 0 Å². The number of nitrogens with zero attached hydrogens (tertiary/aromatic N) is 3. The highest BCUT2D eigenvalue weighted by molar-refractivity contribution is 6.02. The van der Waals surface area contributed by atoms with E-state index in [1.807, 2.05) is 67.6 Å². The highest BCUT2D eigenvalue weighted by Gasteiger charge is 2.20. The second kappa shape index (κ2) is 9.42. The van der Waals surface area contributed by atoms with Crippen molar-refractivity contribution < 1.29 is 9.85 Å². The van der Waals surface area contributed by atoms with Crippen molar-refractivity contribution in [2.45, 2.75) is 13.3 Å². The first-order valence-electron chi connectivity index (χ1n) is 9.31. The molecule has 1 N–H and O–H groups in total. The van der Waals surface area contributed by atoms with Gasteiger partial charge in [-0.15, -0.1) is 0 Å². The number of nitrogens with one attached hydrogen (secondary N) is 1. The summed E-state index contributed by atoms with van der Waals surface area (Å²) < 4.78 is 0. The average molecular weight is 404 g/mol. The molecule has 1 unspecified atom stereocenters. The molecule has 0 aliphatic carbocycles. The summed E-state index contributed by atoms with van der Waals surface area (Å²) in [5, 5.41) is 26.8. The molecule has 8 nitrogen and oxygen atoms in total. The van der Waals surface area contributed by atoms with Gasteiger partial charge in [-0.3, -0.25) is 25.7 Å². The van der Waals surface area contributed by atoms with Gasteiger partial charge in [-0.1, -0.05) is 67.6 Å². The lowest BCUT2D eigenvalue weighted by Crippen LogP contribution is -2.17. The lowest BCUT2D eigenvalue weighted by Gasteiger charge is -2.16. The summed E-state index contributed by atoms with van der Waals surface area (Å²) in [4.78, 5) is 21.0. The zero-order valence-electron chi connectivity index (χ0n) is 16.3. The highest BCUT2D eigenvalue weighted by atomic mass is 16.6. The number of non-ortho nitro benzene ring substituents is 1. The van der Waals surface area contributed by atoms with E-state index in [0.717, 1.165) is 29.3 Å². The zero-order chi connectivity index (χ0) is 21.5. The Kier molecular flexibility index (Phi) is 6.49. The fourth-order valence-corrected chi connectivity index (χ4v) is 3.13. The van der Waals surface area contributed by atoms with Crippen LogP contribution in [0.25, 0.3) is 0 Å². The molecule has 0 heterocycles. The van der Waals surface area contributed by atoms with E-state index in [4.69, 9.17) is 0 Å². The van der Waals surface area contributed by atoms with Gasteiger partial charge in [0.1, 0.15) is 5.69 Å².